The summed E-state index contributed by atoms with van der Waals surface area (Å²) in [5, 5.41) is 4.23. The Labute approximate surface area is 116 Å². The van der Waals surface area contributed by atoms with Gasteiger partial charge in [0, 0.05) is 12.0 Å². The molecule has 0 aromatic rings. The monoisotopic (exact) mass is 297 g/mol. The van der Waals surface area contributed by atoms with Crippen molar-refractivity contribution in [2.75, 3.05) is 0 Å². The Bertz CT molecular complexity index is 356. The van der Waals surface area contributed by atoms with Gasteiger partial charge in [-0.15, -0.1) is 0 Å². The predicted molar refractivity (Wildman–Crippen MR) is 68.9 cm³/mol. The van der Waals surface area contributed by atoms with Crippen LogP contribution in [0, 0.1) is 5.92 Å². The molecule has 0 aromatic heterocycles. The molecule has 2 unspecified atom stereocenters. The van der Waals surface area contributed by atoms with Gasteiger partial charge in [0.25, 0.3) is 0 Å². The first-order valence-electron chi connectivity index (χ1n) is 6.32. The number of urea groups is 1. The number of nitrogens with two attached hydrogens (primary N) is 1. The molecule has 0 aliphatic rings. The summed E-state index contributed by atoms with van der Waals surface area (Å²) in [6, 6.07) is -2.91. The molecule has 0 spiro atoms. The number of hydrogen-bond donors (Lipinski definition) is 3. The largest absolute Gasteiger partial charge is 0.408 e. The molecule has 0 heterocycles. The number of amides is 3. The Morgan fingerprint density at radius 3 is 2.10 bits per heavy atom. The highest BCUT2D eigenvalue weighted by Crippen LogP contribution is 2.27. The lowest BCUT2D eigenvalue weighted by Gasteiger charge is -2.30. The summed E-state index contributed by atoms with van der Waals surface area (Å²) in [7, 11) is 0. The van der Waals surface area contributed by atoms with Gasteiger partial charge in [-0.05, 0) is 19.8 Å². The maximum absolute atomic E-state index is 12.8. The molecule has 4 N–H and O–H groups in total. The zero-order valence-electron chi connectivity index (χ0n) is 12.1. The lowest BCUT2D eigenvalue weighted by Crippen LogP contribution is -2.57. The van der Waals surface area contributed by atoms with Crippen LogP contribution in [0.4, 0.5) is 18.0 Å². The van der Waals surface area contributed by atoms with Gasteiger partial charge in [-0.1, -0.05) is 20.3 Å². The van der Waals surface area contributed by atoms with E-state index < -0.39 is 35.6 Å². The second kappa shape index (κ2) is 6.81. The molecule has 0 radical (unpaired) electrons. The number of carbonyl (C=O) groups excluding carboxylic acids is 2. The highest BCUT2D eigenvalue weighted by atomic mass is 19.4. The Morgan fingerprint density at radius 1 is 1.25 bits per heavy atom. The lowest BCUT2D eigenvalue weighted by molar-refractivity contribution is -0.164. The van der Waals surface area contributed by atoms with Gasteiger partial charge in [-0.2, -0.15) is 13.2 Å². The normalized spacial score (nSPS) is 15.3. The molecule has 0 aromatic carbocycles. The first-order chi connectivity index (χ1) is 8.89. The summed E-state index contributed by atoms with van der Waals surface area (Å²) in [6.45, 7) is 6.03. The van der Waals surface area contributed by atoms with Crippen molar-refractivity contribution in [3.63, 3.8) is 0 Å². The van der Waals surface area contributed by atoms with Gasteiger partial charge in [0.2, 0.25) is 5.91 Å². The maximum atomic E-state index is 12.8. The van der Waals surface area contributed by atoms with E-state index in [2.05, 4.69) is 5.32 Å². The van der Waals surface area contributed by atoms with Gasteiger partial charge in [0.1, 0.15) is 6.04 Å². The molecule has 0 fully saturated rings. The summed E-state index contributed by atoms with van der Waals surface area (Å²) in [4.78, 5) is 22.4. The fourth-order valence-corrected chi connectivity index (χ4v) is 1.75. The van der Waals surface area contributed by atoms with Crippen molar-refractivity contribution >= 4 is 11.9 Å². The Morgan fingerprint density at radius 2 is 1.75 bits per heavy atom. The molecular weight excluding hydrogens is 275 g/mol. The average molecular weight is 297 g/mol. The predicted octanol–water partition coefficient (Wildman–Crippen LogP) is 1.92. The smallest absolute Gasteiger partial charge is 0.370 e. The van der Waals surface area contributed by atoms with Crippen molar-refractivity contribution in [1.29, 1.82) is 0 Å². The van der Waals surface area contributed by atoms with Crippen LogP contribution in [0.25, 0.3) is 0 Å². The third-order valence-electron chi connectivity index (χ3n) is 2.92. The second-order valence-electron chi connectivity index (χ2n) is 5.53. The third kappa shape index (κ3) is 6.63. The topological polar surface area (TPSA) is 84.2 Å². The second-order valence-corrected chi connectivity index (χ2v) is 5.53. The van der Waals surface area contributed by atoms with E-state index in [-0.39, 0.29) is 12.8 Å². The molecule has 8 heteroatoms. The molecule has 0 bridgehead atoms. The van der Waals surface area contributed by atoms with Crippen molar-refractivity contribution in [2.24, 2.45) is 11.7 Å². The highest BCUT2D eigenvalue weighted by Gasteiger charge is 2.43. The minimum atomic E-state index is -4.53. The van der Waals surface area contributed by atoms with Gasteiger partial charge >= 0.3 is 12.2 Å². The Hall–Kier alpha value is -1.47. The molecule has 5 nitrogen and oxygen atoms in total. The Balaban J connectivity index is 4.74. The van der Waals surface area contributed by atoms with E-state index in [1.165, 1.54) is 20.8 Å². The zero-order valence-corrected chi connectivity index (χ0v) is 12.1. The standard InChI is InChI=1S/C12H22F3N3O2/c1-5-7(2)9(12(13,14)15)17-10(20)18-11(3,4)6-8(16)19/h7,9H,5-6H2,1-4H3,(H2,16,19)(H2,17,18,20). The van der Waals surface area contributed by atoms with Crippen LogP contribution >= 0.6 is 0 Å². The van der Waals surface area contributed by atoms with E-state index in [1.807, 2.05) is 5.32 Å². The SMILES string of the molecule is CCC(C)C(NC(=O)NC(C)(C)CC(N)=O)C(F)(F)F. The van der Waals surface area contributed by atoms with Crippen LogP contribution in [0.5, 0.6) is 0 Å². The summed E-state index contributed by atoms with van der Waals surface area (Å²) < 4.78 is 38.5. The first-order valence-corrected chi connectivity index (χ1v) is 6.32. The zero-order chi connectivity index (χ0) is 16.1. The van der Waals surface area contributed by atoms with Crippen LogP contribution < -0.4 is 16.4 Å². The molecule has 118 valence electrons. The summed E-state index contributed by atoms with van der Waals surface area (Å²) in [5.74, 6) is -1.40. The highest BCUT2D eigenvalue weighted by molar-refractivity contribution is 5.78. The van der Waals surface area contributed by atoms with Crippen molar-refractivity contribution in [1.82, 2.24) is 10.6 Å². The Kier molecular flexibility index (Phi) is 6.31. The van der Waals surface area contributed by atoms with E-state index in [9.17, 15) is 22.8 Å². The molecule has 3 amide bonds. The van der Waals surface area contributed by atoms with Crippen LogP contribution in [0.3, 0.4) is 0 Å². The van der Waals surface area contributed by atoms with E-state index >= 15 is 0 Å². The van der Waals surface area contributed by atoms with E-state index in [1.54, 1.807) is 6.92 Å². The minimum absolute atomic E-state index is 0.166. The van der Waals surface area contributed by atoms with Crippen LogP contribution in [-0.2, 0) is 4.79 Å². The minimum Gasteiger partial charge on any atom is -0.370 e. The van der Waals surface area contributed by atoms with Crippen molar-refractivity contribution in [2.45, 2.75) is 58.3 Å². The van der Waals surface area contributed by atoms with Gasteiger partial charge in [-0.25, -0.2) is 4.79 Å². The summed E-state index contributed by atoms with van der Waals surface area (Å²) in [5.41, 5.74) is 3.99. The van der Waals surface area contributed by atoms with E-state index in [4.69, 9.17) is 5.73 Å². The van der Waals surface area contributed by atoms with Gasteiger partial charge in [0.05, 0.1) is 0 Å². The fourth-order valence-electron chi connectivity index (χ4n) is 1.75. The average Bonchev–Trinajstić information content (AvgIpc) is 2.20. The summed E-state index contributed by atoms with van der Waals surface area (Å²) in [6.07, 6.45) is -4.42. The first kappa shape index (κ1) is 18.5. The number of nitrogens with one attached hydrogen (secondary N) is 2. The van der Waals surface area contributed by atoms with Crippen molar-refractivity contribution in [3.8, 4) is 0 Å². The number of hydrogen-bond acceptors (Lipinski definition) is 2. The van der Waals surface area contributed by atoms with Crippen molar-refractivity contribution in [3.05, 3.63) is 0 Å². The number of carbonyl (C=O) groups is 2. The quantitative estimate of drug-likeness (QED) is 0.699. The molecule has 0 saturated carbocycles. The van der Waals surface area contributed by atoms with Crippen molar-refractivity contribution < 1.29 is 22.8 Å². The maximum Gasteiger partial charge on any atom is 0.408 e. The van der Waals surface area contributed by atoms with E-state index in [0.717, 1.165) is 0 Å². The van der Waals surface area contributed by atoms with Crippen LogP contribution in [-0.4, -0.2) is 29.7 Å². The molecule has 2 atom stereocenters. The van der Waals surface area contributed by atoms with Crippen LogP contribution in [0.2, 0.25) is 0 Å². The van der Waals surface area contributed by atoms with E-state index in [0.29, 0.717) is 0 Å². The molecule has 0 rings (SSSR count). The van der Waals surface area contributed by atoms with Crippen LogP contribution in [0.15, 0.2) is 0 Å². The molecule has 0 saturated heterocycles. The van der Waals surface area contributed by atoms with Gasteiger partial charge < -0.3 is 16.4 Å². The summed E-state index contributed by atoms with van der Waals surface area (Å²) >= 11 is 0. The molecular formula is C12H22F3N3O2. The molecule has 20 heavy (non-hydrogen) atoms. The number of halogens is 3. The number of rotatable bonds is 6. The fraction of sp³-hybridized carbons (Fsp3) is 0.833. The molecule has 0 aliphatic carbocycles. The van der Waals surface area contributed by atoms with Crippen LogP contribution in [0.1, 0.15) is 40.5 Å². The van der Waals surface area contributed by atoms with Gasteiger partial charge in [0.15, 0.2) is 0 Å². The lowest BCUT2D eigenvalue weighted by atomic mass is 9.98. The number of alkyl halides is 3. The molecule has 0 aliphatic heterocycles. The van der Waals surface area contributed by atoms with Gasteiger partial charge in [-0.3, -0.25) is 4.79 Å². The third-order valence-corrected chi connectivity index (χ3v) is 2.92. The number of primary amides is 1.